The number of anilines is 1. The number of hydrogen-bond acceptors (Lipinski definition) is 5. The van der Waals surface area contributed by atoms with E-state index in [-0.39, 0.29) is 32.3 Å². The number of halogens is 4. The third-order valence-corrected chi connectivity index (χ3v) is 4.33. The molecular weight excluding hydrogens is 398 g/mol. The van der Waals surface area contributed by atoms with E-state index in [1.807, 2.05) is 0 Å². The van der Waals surface area contributed by atoms with Crippen molar-refractivity contribution in [2.45, 2.75) is 6.92 Å². The van der Waals surface area contributed by atoms with Crippen LogP contribution in [0.5, 0.6) is 5.75 Å². The predicted molar refractivity (Wildman–Crippen MR) is 96.5 cm³/mol. The number of phenolic OH excluding ortho intramolecular Hbond substituents is 1. The molecule has 126 valence electrons. The number of carbonyl (C=O) groups excluding carboxylic acids is 1. The molecule has 0 aliphatic heterocycles. The van der Waals surface area contributed by atoms with E-state index >= 15 is 0 Å². The Morgan fingerprint density at radius 3 is 2.58 bits per heavy atom. The zero-order valence-electron chi connectivity index (χ0n) is 12.1. The van der Waals surface area contributed by atoms with Crippen molar-refractivity contribution in [3.63, 3.8) is 0 Å². The van der Waals surface area contributed by atoms with Gasteiger partial charge in [0.15, 0.2) is 10.8 Å². The van der Waals surface area contributed by atoms with Gasteiger partial charge in [-0.3, -0.25) is 4.79 Å². The molecule has 0 radical (unpaired) electrons. The summed E-state index contributed by atoms with van der Waals surface area (Å²) in [6, 6.07) is 4.44. The van der Waals surface area contributed by atoms with Crippen LogP contribution in [0.15, 0.2) is 23.3 Å². The Bertz CT molecular complexity index is 855. The highest BCUT2D eigenvalue weighted by molar-refractivity contribution is 6.46. The van der Waals surface area contributed by atoms with Crippen molar-refractivity contribution in [2.75, 3.05) is 5.73 Å². The minimum Gasteiger partial charge on any atom is -0.507 e. The molecule has 0 aliphatic rings. The number of phenols is 1. The van der Waals surface area contributed by atoms with Gasteiger partial charge < -0.3 is 10.8 Å². The molecule has 1 amide bonds. The van der Waals surface area contributed by atoms with Gasteiger partial charge in [-0.25, -0.2) is 10.4 Å². The van der Waals surface area contributed by atoms with Crippen LogP contribution >= 0.6 is 46.4 Å². The number of aromatic hydroxyl groups is 1. The highest BCUT2D eigenvalue weighted by Gasteiger charge is 2.19. The topological polar surface area (TPSA) is 101 Å². The number of nitrogen functional groups attached to an aromatic ring is 1. The Kier molecular flexibility index (Phi) is 5.77. The average Bonchev–Trinajstić information content (AvgIpc) is 2.55. The lowest BCUT2D eigenvalue weighted by molar-refractivity contribution is 0.0950. The molecule has 1 aromatic carbocycles. The molecule has 0 saturated heterocycles. The number of nitrogens with one attached hydrogen (secondary N) is 1. The fourth-order valence-electron chi connectivity index (χ4n) is 1.73. The lowest BCUT2D eigenvalue weighted by atomic mass is 10.1. The van der Waals surface area contributed by atoms with Gasteiger partial charge in [0.05, 0.1) is 16.4 Å². The van der Waals surface area contributed by atoms with Crippen LogP contribution in [0.4, 0.5) is 5.69 Å². The number of aromatic nitrogens is 1. The van der Waals surface area contributed by atoms with Crippen molar-refractivity contribution < 1.29 is 9.90 Å². The van der Waals surface area contributed by atoms with Crippen LogP contribution in [0.25, 0.3) is 0 Å². The summed E-state index contributed by atoms with van der Waals surface area (Å²) in [7, 11) is 0. The number of hydrogen-bond donors (Lipinski definition) is 3. The molecule has 0 atom stereocenters. The van der Waals surface area contributed by atoms with Gasteiger partial charge in [0, 0.05) is 10.6 Å². The maximum absolute atomic E-state index is 12.2. The number of hydrazone groups is 1. The highest BCUT2D eigenvalue weighted by atomic mass is 35.5. The third-order valence-electron chi connectivity index (χ3n) is 2.96. The van der Waals surface area contributed by atoms with Gasteiger partial charge in [-0.15, -0.1) is 0 Å². The molecule has 0 fully saturated rings. The molecule has 4 N–H and O–H groups in total. The Hall–Kier alpha value is -1.73. The van der Waals surface area contributed by atoms with Gasteiger partial charge >= 0.3 is 0 Å². The lowest BCUT2D eigenvalue weighted by Gasteiger charge is -2.09. The van der Waals surface area contributed by atoms with Gasteiger partial charge in [0.2, 0.25) is 0 Å². The number of carbonyl (C=O) groups is 1. The molecule has 0 unspecified atom stereocenters. The van der Waals surface area contributed by atoms with Crippen molar-refractivity contribution >= 4 is 63.7 Å². The Morgan fingerprint density at radius 2 is 1.92 bits per heavy atom. The van der Waals surface area contributed by atoms with Crippen molar-refractivity contribution in [2.24, 2.45) is 5.10 Å². The van der Waals surface area contributed by atoms with Crippen LogP contribution in [0.2, 0.25) is 20.2 Å². The Labute approximate surface area is 157 Å². The first-order chi connectivity index (χ1) is 11.2. The van der Waals surface area contributed by atoms with Crippen LogP contribution in [0.1, 0.15) is 23.0 Å². The first kappa shape index (κ1) is 18.6. The third kappa shape index (κ3) is 3.84. The van der Waals surface area contributed by atoms with Crippen LogP contribution in [0.3, 0.4) is 0 Å². The molecule has 0 aliphatic carbocycles. The van der Waals surface area contributed by atoms with Gasteiger partial charge in [0.1, 0.15) is 10.8 Å². The summed E-state index contributed by atoms with van der Waals surface area (Å²) in [5, 5.41) is 13.8. The van der Waals surface area contributed by atoms with Gasteiger partial charge in [-0.05, 0) is 25.1 Å². The number of nitrogens with two attached hydrogens (primary N) is 1. The highest BCUT2D eigenvalue weighted by Crippen LogP contribution is 2.34. The summed E-state index contributed by atoms with van der Waals surface area (Å²) >= 11 is 23.4. The molecule has 0 spiro atoms. The van der Waals surface area contributed by atoms with E-state index in [2.05, 4.69) is 15.5 Å². The van der Waals surface area contributed by atoms with Crippen molar-refractivity contribution in [1.29, 1.82) is 0 Å². The number of rotatable bonds is 3. The predicted octanol–water partition coefficient (Wildman–Crippen LogP) is 4.14. The summed E-state index contributed by atoms with van der Waals surface area (Å²) in [5.41, 5.74) is 8.29. The first-order valence-corrected chi connectivity index (χ1v) is 7.87. The molecule has 24 heavy (non-hydrogen) atoms. The quantitative estimate of drug-likeness (QED) is 0.404. The number of nitrogens with zero attached hydrogens (tertiary/aromatic N) is 2. The van der Waals surface area contributed by atoms with Crippen molar-refractivity contribution in [1.82, 2.24) is 10.4 Å². The minimum absolute atomic E-state index is 0.0372. The zero-order chi connectivity index (χ0) is 18.0. The molecular formula is C14H10Cl4N4O2. The summed E-state index contributed by atoms with van der Waals surface area (Å²) in [6.07, 6.45) is 0. The summed E-state index contributed by atoms with van der Waals surface area (Å²) < 4.78 is 0. The average molecular weight is 408 g/mol. The molecule has 0 saturated carbocycles. The zero-order valence-corrected chi connectivity index (χ0v) is 15.1. The van der Waals surface area contributed by atoms with Crippen molar-refractivity contribution in [3.05, 3.63) is 49.7 Å². The standard InChI is InChI=1S/C14H10Cl4N4O2/c1-5(7-4-6(15)2-3-8(7)23)21-22-14(24)12-9(16)11(19)10(17)13(18)20-12/h2-4,23H,1H3,(H2,19,20)(H,22,24)/b21-5+. The second-order valence-corrected chi connectivity index (χ2v) is 6.14. The summed E-state index contributed by atoms with van der Waals surface area (Å²) in [6.45, 7) is 1.57. The van der Waals surface area contributed by atoms with E-state index in [9.17, 15) is 9.90 Å². The normalized spacial score (nSPS) is 11.5. The van der Waals surface area contributed by atoms with E-state index in [0.29, 0.717) is 16.3 Å². The molecule has 2 rings (SSSR count). The second kappa shape index (κ2) is 7.44. The smallest absolute Gasteiger partial charge is 0.291 e. The molecule has 2 aromatic rings. The maximum atomic E-state index is 12.2. The molecule has 10 heteroatoms. The number of amides is 1. The monoisotopic (exact) mass is 406 g/mol. The van der Waals surface area contributed by atoms with Gasteiger partial charge in [-0.2, -0.15) is 5.10 Å². The molecule has 0 bridgehead atoms. The van der Waals surface area contributed by atoms with Crippen LogP contribution in [0, 0.1) is 0 Å². The van der Waals surface area contributed by atoms with E-state index < -0.39 is 5.91 Å². The molecule has 1 heterocycles. The van der Waals surface area contributed by atoms with E-state index in [1.54, 1.807) is 6.92 Å². The Balaban J connectivity index is 2.29. The first-order valence-electron chi connectivity index (χ1n) is 6.35. The fraction of sp³-hybridized carbons (Fsp3) is 0.0714. The molecule has 6 nitrogen and oxygen atoms in total. The van der Waals surface area contributed by atoms with Gasteiger partial charge in [0.25, 0.3) is 5.91 Å². The number of benzene rings is 1. The van der Waals surface area contributed by atoms with Crippen molar-refractivity contribution in [3.8, 4) is 5.75 Å². The number of pyridine rings is 1. The van der Waals surface area contributed by atoms with Crippen LogP contribution in [-0.2, 0) is 0 Å². The van der Waals surface area contributed by atoms with E-state index in [0.717, 1.165) is 0 Å². The van der Waals surface area contributed by atoms with E-state index in [1.165, 1.54) is 18.2 Å². The van der Waals surface area contributed by atoms with E-state index in [4.69, 9.17) is 52.1 Å². The Morgan fingerprint density at radius 1 is 1.25 bits per heavy atom. The molecule has 1 aromatic heterocycles. The lowest BCUT2D eigenvalue weighted by Crippen LogP contribution is -2.21. The minimum atomic E-state index is -0.744. The van der Waals surface area contributed by atoms with Crippen LogP contribution in [-0.4, -0.2) is 21.7 Å². The summed E-state index contributed by atoms with van der Waals surface area (Å²) in [4.78, 5) is 15.9. The largest absolute Gasteiger partial charge is 0.507 e. The fourth-order valence-corrected chi connectivity index (χ4v) is 2.49. The van der Waals surface area contributed by atoms with Crippen LogP contribution < -0.4 is 11.2 Å². The van der Waals surface area contributed by atoms with Gasteiger partial charge in [-0.1, -0.05) is 46.4 Å². The SMILES string of the molecule is C/C(=N\NC(=O)c1nc(Cl)c(Cl)c(N)c1Cl)c1cc(Cl)ccc1O. The second-order valence-electron chi connectivity index (χ2n) is 4.59. The summed E-state index contributed by atoms with van der Waals surface area (Å²) in [5.74, 6) is -0.782. The maximum Gasteiger partial charge on any atom is 0.291 e.